The first kappa shape index (κ1) is 15.3. The SMILES string of the molecule is CC(C)C(C)CNC(=O)c1cc(N)ccc1N(C)C. The molecule has 106 valence electrons. The monoisotopic (exact) mass is 263 g/mol. The van der Waals surface area contributed by atoms with Gasteiger partial charge in [-0.15, -0.1) is 0 Å². The minimum Gasteiger partial charge on any atom is -0.399 e. The van der Waals surface area contributed by atoms with E-state index in [0.717, 1.165) is 5.69 Å². The van der Waals surface area contributed by atoms with E-state index >= 15 is 0 Å². The molecule has 0 saturated carbocycles. The fourth-order valence-corrected chi connectivity index (χ4v) is 1.71. The molecule has 0 aliphatic heterocycles. The van der Waals surface area contributed by atoms with Gasteiger partial charge in [0.15, 0.2) is 0 Å². The molecular weight excluding hydrogens is 238 g/mol. The van der Waals surface area contributed by atoms with Crippen molar-refractivity contribution in [3.05, 3.63) is 23.8 Å². The molecule has 19 heavy (non-hydrogen) atoms. The zero-order valence-electron chi connectivity index (χ0n) is 12.5. The second-order valence-electron chi connectivity index (χ2n) is 5.60. The third kappa shape index (κ3) is 4.16. The summed E-state index contributed by atoms with van der Waals surface area (Å²) in [6.07, 6.45) is 0. The highest BCUT2D eigenvalue weighted by atomic mass is 16.1. The standard InChI is InChI=1S/C15H25N3O/c1-10(2)11(3)9-17-15(19)13-8-12(16)6-7-14(13)18(4)5/h6-8,10-11H,9,16H2,1-5H3,(H,17,19). The summed E-state index contributed by atoms with van der Waals surface area (Å²) in [5.41, 5.74) is 7.88. The van der Waals surface area contributed by atoms with Crippen LogP contribution in [0.1, 0.15) is 31.1 Å². The molecule has 1 aromatic carbocycles. The summed E-state index contributed by atoms with van der Waals surface area (Å²) in [6, 6.07) is 5.41. The number of carbonyl (C=O) groups is 1. The average Bonchev–Trinajstić information content (AvgIpc) is 2.34. The van der Waals surface area contributed by atoms with E-state index in [1.165, 1.54) is 0 Å². The minimum atomic E-state index is -0.0662. The number of hydrogen-bond donors (Lipinski definition) is 2. The van der Waals surface area contributed by atoms with E-state index in [1.54, 1.807) is 6.07 Å². The van der Waals surface area contributed by atoms with Gasteiger partial charge in [0.25, 0.3) is 5.91 Å². The Hall–Kier alpha value is -1.71. The molecule has 0 saturated heterocycles. The van der Waals surface area contributed by atoms with Gasteiger partial charge in [0, 0.05) is 32.0 Å². The first-order valence-electron chi connectivity index (χ1n) is 6.68. The molecule has 1 amide bonds. The normalized spacial score (nSPS) is 12.3. The number of nitrogen functional groups attached to an aromatic ring is 1. The summed E-state index contributed by atoms with van der Waals surface area (Å²) >= 11 is 0. The molecule has 4 heteroatoms. The van der Waals surface area contributed by atoms with Crippen LogP contribution >= 0.6 is 0 Å². The number of nitrogens with two attached hydrogens (primary N) is 1. The highest BCUT2D eigenvalue weighted by molar-refractivity contribution is 6.00. The van der Waals surface area contributed by atoms with Gasteiger partial charge < -0.3 is 16.0 Å². The Labute approximate surface area is 116 Å². The van der Waals surface area contributed by atoms with Crippen molar-refractivity contribution in [2.24, 2.45) is 11.8 Å². The molecule has 0 aromatic heterocycles. The Balaban J connectivity index is 2.84. The summed E-state index contributed by atoms with van der Waals surface area (Å²) in [5, 5.41) is 2.98. The molecule has 0 aliphatic rings. The quantitative estimate of drug-likeness (QED) is 0.802. The fraction of sp³-hybridized carbons (Fsp3) is 0.533. The van der Waals surface area contributed by atoms with Crippen molar-refractivity contribution in [2.45, 2.75) is 20.8 Å². The van der Waals surface area contributed by atoms with Gasteiger partial charge in [-0.25, -0.2) is 0 Å². The van der Waals surface area contributed by atoms with E-state index < -0.39 is 0 Å². The van der Waals surface area contributed by atoms with Crippen molar-refractivity contribution in [1.82, 2.24) is 5.32 Å². The molecule has 0 radical (unpaired) electrons. The number of amides is 1. The van der Waals surface area contributed by atoms with Crippen molar-refractivity contribution in [2.75, 3.05) is 31.3 Å². The van der Waals surface area contributed by atoms with E-state index in [1.807, 2.05) is 31.1 Å². The number of anilines is 2. The lowest BCUT2D eigenvalue weighted by Gasteiger charge is -2.20. The lowest BCUT2D eigenvalue weighted by Crippen LogP contribution is -2.31. The first-order chi connectivity index (χ1) is 8.82. The van der Waals surface area contributed by atoms with Crippen LogP contribution in [-0.2, 0) is 0 Å². The molecule has 1 rings (SSSR count). The number of hydrogen-bond acceptors (Lipinski definition) is 3. The zero-order valence-corrected chi connectivity index (χ0v) is 12.5. The van der Waals surface area contributed by atoms with Crippen molar-refractivity contribution in [3.63, 3.8) is 0 Å². The molecule has 3 N–H and O–H groups in total. The molecule has 0 aliphatic carbocycles. The highest BCUT2D eigenvalue weighted by Crippen LogP contribution is 2.21. The van der Waals surface area contributed by atoms with Gasteiger partial charge in [0.2, 0.25) is 0 Å². The average molecular weight is 263 g/mol. The van der Waals surface area contributed by atoms with Crippen LogP contribution in [0.25, 0.3) is 0 Å². The van der Waals surface area contributed by atoms with Gasteiger partial charge in [-0.05, 0) is 30.0 Å². The smallest absolute Gasteiger partial charge is 0.253 e. The maximum Gasteiger partial charge on any atom is 0.253 e. The topological polar surface area (TPSA) is 58.4 Å². The Morgan fingerprint density at radius 2 is 1.95 bits per heavy atom. The lowest BCUT2D eigenvalue weighted by molar-refractivity contribution is 0.0945. The number of carbonyl (C=O) groups excluding carboxylic acids is 1. The van der Waals surface area contributed by atoms with Crippen LogP contribution in [0.2, 0.25) is 0 Å². The van der Waals surface area contributed by atoms with Crippen LogP contribution in [-0.4, -0.2) is 26.5 Å². The van der Waals surface area contributed by atoms with E-state index in [9.17, 15) is 4.79 Å². The van der Waals surface area contributed by atoms with E-state index in [4.69, 9.17) is 5.73 Å². The Morgan fingerprint density at radius 1 is 1.32 bits per heavy atom. The maximum atomic E-state index is 12.3. The van der Waals surface area contributed by atoms with Crippen LogP contribution in [0.5, 0.6) is 0 Å². The van der Waals surface area contributed by atoms with Crippen molar-refractivity contribution >= 4 is 17.3 Å². The molecule has 4 nitrogen and oxygen atoms in total. The fourth-order valence-electron chi connectivity index (χ4n) is 1.71. The Bertz CT molecular complexity index is 441. The molecular formula is C15H25N3O. The highest BCUT2D eigenvalue weighted by Gasteiger charge is 2.15. The van der Waals surface area contributed by atoms with E-state index in [0.29, 0.717) is 29.6 Å². The molecule has 0 bridgehead atoms. The molecule has 0 spiro atoms. The molecule has 1 atom stereocenters. The number of rotatable bonds is 5. The van der Waals surface area contributed by atoms with Crippen LogP contribution in [0.15, 0.2) is 18.2 Å². The van der Waals surface area contributed by atoms with Gasteiger partial charge in [0.05, 0.1) is 5.56 Å². The van der Waals surface area contributed by atoms with Gasteiger partial charge in [-0.3, -0.25) is 4.79 Å². The summed E-state index contributed by atoms with van der Waals surface area (Å²) in [5.74, 6) is 0.936. The van der Waals surface area contributed by atoms with Gasteiger partial charge >= 0.3 is 0 Å². The van der Waals surface area contributed by atoms with Crippen molar-refractivity contribution < 1.29 is 4.79 Å². The third-order valence-electron chi connectivity index (χ3n) is 3.47. The molecule has 1 unspecified atom stereocenters. The Morgan fingerprint density at radius 3 is 2.47 bits per heavy atom. The zero-order chi connectivity index (χ0) is 14.6. The first-order valence-corrected chi connectivity index (χ1v) is 6.68. The minimum absolute atomic E-state index is 0.0662. The summed E-state index contributed by atoms with van der Waals surface area (Å²) in [4.78, 5) is 14.2. The maximum absolute atomic E-state index is 12.3. The lowest BCUT2D eigenvalue weighted by atomic mass is 9.98. The molecule has 0 heterocycles. The van der Waals surface area contributed by atoms with Gasteiger partial charge in [-0.1, -0.05) is 20.8 Å². The number of nitrogens with one attached hydrogen (secondary N) is 1. The molecule has 1 aromatic rings. The van der Waals surface area contributed by atoms with Crippen LogP contribution in [0, 0.1) is 11.8 Å². The van der Waals surface area contributed by atoms with E-state index in [-0.39, 0.29) is 5.91 Å². The predicted molar refractivity (Wildman–Crippen MR) is 81.5 cm³/mol. The summed E-state index contributed by atoms with van der Waals surface area (Å²) in [7, 11) is 3.83. The van der Waals surface area contributed by atoms with Gasteiger partial charge in [-0.2, -0.15) is 0 Å². The second kappa shape index (κ2) is 6.45. The summed E-state index contributed by atoms with van der Waals surface area (Å²) < 4.78 is 0. The van der Waals surface area contributed by atoms with E-state index in [2.05, 4.69) is 26.1 Å². The van der Waals surface area contributed by atoms with Crippen LogP contribution < -0.4 is 16.0 Å². The largest absolute Gasteiger partial charge is 0.399 e. The Kier molecular flexibility index (Phi) is 5.21. The van der Waals surface area contributed by atoms with Crippen LogP contribution in [0.3, 0.4) is 0 Å². The van der Waals surface area contributed by atoms with Crippen LogP contribution in [0.4, 0.5) is 11.4 Å². The molecule has 0 fully saturated rings. The second-order valence-corrected chi connectivity index (χ2v) is 5.60. The van der Waals surface area contributed by atoms with Gasteiger partial charge in [0.1, 0.15) is 0 Å². The van der Waals surface area contributed by atoms with Crippen molar-refractivity contribution in [3.8, 4) is 0 Å². The number of benzene rings is 1. The van der Waals surface area contributed by atoms with Crippen molar-refractivity contribution in [1.29, 1.82) is 0 Å². The summed E-state index contributed by atoms with van der Waals surface area (Å²) in [6.45, 7) is 7.13. The predicted octanol–water partition coefficient (Wildman–Crippen LogP) is 2.36. The number of nitrogens with zero attached hydrogens (tertiary/aromatic N) is 1. The third-order valence-corrected chi connectivity index (χ3v) is 3.47.